The molecule has 1 aliphatic rings. The van der Waals surface area contributed by atoms with Gasteiger partial charge in [-0.25, -0.2) is 4.79 Å². The van der Waals surface area contributed by atoms with Gasteiger partial charge in [0.2, 0.25) is 0 Å². The van der Waals surface area contributed by atoms with E-state index in [2.05, 4.69) is 4.74 Å². The SMILES string of the molecule is COC(=O)[C@@H]1O[C@H]1C. The summed E-state index contributed by atoms with van der Waals surface area (Å²) in [5.74, 6) is -0.266. The van der Waals surface area contributed by atoms with E-state index in [9.17, 15) is 4.79 Å². The summed E-state index contributed by atoms with van der Waals surface area (Å²) in [7, 11) is 1.36. The third kappa shape index (κ3) is 0.816. The van der Waals surface area contributed by atoms with Crippen molar-refractivity contribution in [2.45, 2.75) is 19.1 Å². The van der Waals surface area contributed by atoms with Crippen molar-refractivity contribution in [3.8, 4) is 0 Å². The van der Waals surface area contributed by atoms with E-state index in [-0.39, 0.29) is 18.2 Å². The van der Waals surface area contributed by atoms with Crippen LogP contribution in [0.25, 0.3) is 0 Å². The van der Waals surface area contributed by atoms with Crippen molar-refractivity contribution in [2.75, 3.05) is 7.11 Å². The van der Waals surface area contributed by atoms with Crippen LogP contribution in [0.15, 0.2) is 0 Å². The maximum atomic E-state index is 10.4. The molecule has 0 aliphatic carbocycles. The zero-order valence-electron chi connectivity index (χ0n) is 4.88. The Balaban J connectivity index is 2.28. The summed E-state index contributed by atoms with van der Waals surface area (Å²) in [5.41, 5.74) is 0. The fourth-order valence-corrected chi connectivity index (χ4v) is 0.549. The Kier molecular flexibility index (Phi) is 1.21. The number of hydrogen-bond acceptors (Lipinski definition) is 3. The van der Waals surface area contributed by atoms with Gasteiger partial charge in [-0.05, 0) is 6.92 Å². The second-order valence-corrected chi connectivity index (χ2v) is 1.78. The first-order valence-corrected chi connectivity index (χ1v) is 2.49. The molecule has 0 radical (unpaired) electrons. The molecule has 0 bridgehead atoms. The van der Waals surface area contributed by atoms with E-state index in [0.29, 0.717) is 0 Å². The molecule has 3 heteroatoms. The highest BCUT2D eigenvalue weighted by Crippen LogP contribution is 2.21. The smallest absolute Gasteiger partial charge is 0.337 e. The second-order valence-electron chi connectivity index (χ2n) is 1.78. The Hall–Kier alpha value is -0.570. The Labute approximate surface area is 47.6 Å². The predicted molar refractivity (Wildman–Crippen MR) is 26.4 cm³/mol. The molecule has 0 spiro atoms. The van der Waals surface area contributed by atoms with Crippen LogP contribution in [-0.4, -0.2) is 25.3 Å². The number of hydrogen-bond donors (Lipinski definition) is 0. The Bertz CT molecular complexity index is 110. The van der Waals surface area contributed by atoms with Gasteiger partial charge < -0.3 is 9.47 Å². The number of esters is 1. The molecule has 1 rings (SSSR count). The highest BCUT2D eigenvalue weighted by molar-refractivity contribution is 5.77. The first-order chi connectivity index (χ1) is 3.75. The summed E-state index contributed by atoms with van der Waals surface area (Å²) in [5, 5.41) is 0. The molecule has 1 heterocycles. The number of epoxide rings is 1. The molecule has 0 aromatic carbocycles. The van der Waals surface area contributed by atoms with Gasteiger partial charge in [-0.3, -0.25) is 0 Å². The molecular formula is C5H8O3. The molecule has 1 aliphatic heterocycles. The van der Waals surface area contributed by atoms with Crippen LogP contribution in [0.1, 0.15) is 6.92 Å². The number of carbonyl (C=O) groups is 1. The standard InChI is InChI=1S/C5H8O3/c1-3-4(8-3)5(6)7-2/h3-4H,1-2H3/t3-,4+/m0/s1. The van der Waals surface area contributed by atoms with Gasteiger partial charge in [0.15, 0.2) is 6.10 Å². The van der Waals surface area contributed by atoms with Crippen LogP contribution in [-0.2, 0) is 14.3 Å². The minimum Gasteiger partial charge on any atom is -0.467 e. The lowest BCUT2D eigenvalue weighted by Crippen LogP contribution is -2.09. The first-order valence-electron chi connectivity index (χ1n) is 2.49. The van der Waals surface area contributed by atoms with Crippen molar-refractivity contribution >= 4 is 5.97 Å². The lowest BCUT2D eigenvalue weighted by atomic mass is 10.3. The lowest BCUT2D eigenvalue weighted by Gasteiger charge is -1.88. The number of ether oxygens (including phenoxy) is 2. The topological polar surface area (TPSA) is 38.8 Å². The molecule has 2 atom stereocenters. The van der Waals surface area contributed by atoms with Crippen LogP contribution in [0.5, 0.6) is 0 Å². The van der Waals surface area contributed by atoms with Crippen molar-refractivity contribution in [1.82, 2.24) is 0 Å². The van der Waals surface area contributed by atoms with Gasteiger partial charge in [-0.2, -0.15) is 0 Å². The molecule has 8 heavy (non-hydrogen) atoms. The molecule has 0 unspecified atom stereocenters. The van der Waals surface area contributed by atoms with E-state index < -0.39 is 0 Å². The largest absolute Gasteiger partial charge is 0.467 e. The third-order valence-electron chi connectivity index (χ3n) is 1.14. The van der Waals surface area contributed by atoms with Gasteiger partial charge >= 0.3 is 5.97 Å². The minimum absolute atomic E-state index is 0.0717. The minimum atomic E-state index is -0.278. The molecule has 3 nitrogen and oxygen atoms in total. The van der Waals surface area contributed by atoms with E-state index in [1.165, 1.54) is 7.11 Å². The summed E-state index contributed by atoms with van der Waals surface area (Å²) >= 11 is 0. The predicted octanol–water partition coefficient (Wildman–Crippen LogP) is -0.0533. The monoisotopic (exact) mass is 116 g/mol. The zero-order chi connectivity index (χ0) is 6.15. The quantitative estimate of drug-likeness (QED) is 0.356. The van der Waals surface area contributed by atoms with Crippen LogP contribution in [0.3, 0.4) is 0 Å². The van der Waals surface area contributed by atoms with Crippen LogP contribution in [0.4, 0.5) is 0 Å². The summed E-state index contributed by atoms with van der Waals surface area (Å²) in [6, 6.07) is 0. The van der Waals surface area contributed by atoms with E-state index in [4.69, 9.17) is 4.74 Å². The number of carbonyl (C=O) groups excluding carboxylic acids is 1. The fourth-order valence-electron chi connectivity index (χ4n) is 0.549. The Morgan fingerprint density at radius 2 is 2.25 bits per heavy atom. The van der Waals surface area contributed by atoms with Crippen LogP contribution < -0.4 is 0 Å². The average Bonchev–Trinajstić information content (AvgIpc) is 2.45. The molecule has 46 valence electrons. The van der Waals surface area contributed by atoms with Gasteiger partial charge in [0.1, 0.15) is 0 Å². The molecule has 1 saturated heterocycles. The summed E-state index contributed by atoms with van der Waals surface area (Å²) < 4.78 is 9.18. The Morgan fingerprint density at radius 3 is 2.38 bits per heavy atom. The average molecular weight is 116 g/mol. The van der Waals surface area contributed by atoms with Crippen molar-refractivity contribution in [2.24, 2.45) is 0 Å². The third-order valence-corrected chi connectivity index (χ3v) is 1.14. The van der Waals surface area contributed by atoms with Crippen LogP contribution in [0.2, 0.25) is 0 Å². The van der Waals surface area contributed by atoms with Crippen molar-refractivity contribution in [3.63, 3.8) is 0 Å². The molecule has 0 saturated carbocycles. The van der Waals surface area contributed by atoms with E-state index >= 15 is 0 Å². The molecular weight excluding hydrogens is 108 g/mol. The van der Waals surface area contributed by atoms with Gasteiger partial charge in [-0.1, -0.05) is 0 Å². The Morgan fingerprint density at radius 1 is 1.75 bits per heavy atom. The maximum absolute atomic E-state index is 10.4. The highest BCUT2D eigenvalue weighted by atomic mass is 16.6. The molecule has 0 aromatic rings. The summed E-state index contributed by atoms with van der Waals surface area (Å²) in [6.45, 7) is 1.83. The van der Waals surface area contributed by atoms with Gasteiger partial charge in [0, 0.05) is 0 Å². The maximum Gasteiger partial charge on any atom is 0.337 e. The molecule has 1 fully saturated rings. The summed E-state index contributed by atoms with van der Waals surface area (Å²) in [4.78, 5) is 10.4. The second kappa shape index (κ2) is 1.74. The lowest BCUT2D eigenvalue weighted by molar-refractivity contribution is -0.142. The number of methoxy groups -OCH3 is 1. The van der Waals surface area contributed by atoms with E-state index in [1.807, 2.05) is 6.92 Å². The number of rotatable bonds is 1. The molecule has 0 amide bonds. The zero-order valence-corrected chi connectivity index (χ0v) is 4.88. The van der Waals surface area contributed by atoms with Gasteiger partial charge in [-0.15, -0.1) is 0 Å². The highest BCUT2D eigenvalue weighted by Gasteiger charge is 2.42. The van der Waals surface area contributed by atoms with Crippen molar-refractivity contribution in [3.05, 3.63) is 0 Å². The normalized spacial score (nSPS) is 34.2. The van der Waals surface area contributed by atoms with Gasteiger partial charge in [0.25, 0.3) is 0 Å². The fraction of sp³-hybridized carbons (Fsp3) is 0.800. The van der Waals surface area contributed by atoms with Crippen LogP contribution >= 0.6 is 0 Å². The van der Waals surface area contributed by atoms with E-state index in [0.717, 1.165) is 0 Å². The van der Waals surface area contributed by atoms with E-state index in [1.54, 1.807) is 0 Å². The van der Waals surface area contributed by atoms with Crippen LogP contribution in [0, 0.1) is 0 Å². The first kappa shape index (κ1) is 5.56. The molecule has 0 N–H and O–H groups in total. The van der Waals surface area contributed by atoms with Crippen molar-refractivity contribution < 1.29 is 14.3 Å². The van der Waals surface area contributed by atoms with Crippen molar-refractivity contribution in [1.29, 1.82) is 0 Å². The molecule has 0 aromatic heterocycles. The van der Waals surface area contributed by atoms with Gasteiger partial charge in [0.05, 0.1) is 13.2 Å². The summed E-state index contributed by atoms with van der Waals surface area (Å²) in [6.07, 6.45) is -0.206.